The maximum Gasteiger partial charge on any atom is 0.0590 e. The summed E-state index contributed by atoms with van der Waals surface area (Å²) in [7, 11) is -0.645. The van der Waals surface area contributed by atoms with Gasteiger partial charge >= 0.3 is 0 Å². The lowest BCUT2D eigenvalue weighted by Crippen LogP contribution is -2.25. The molecular formula is C11H25NO2S. The van der Waals surface area contributed by atoms with Crippen molar-refractivity contribution in [1.82, 2.24) is 5.32 Å². The van der Waals surface area contributed by atoms with E-state index in [2.05, 4.69) is 19.2 Å². The molecule has 0 aliphatic heterocycles. The van der Waals surface area contributed by atoms with Crippen LogP contribution in [-0.2, 0) is 15.5 Å². The molecule has 1 atom stereocenters. The van der Waals surface area contributed by atoms with Gasteiger partial charge in [-0.05, 0) is 12.3 Å². The van der Waals surface area contributed by atoms with E-state index in [1.807, 2.05) is 6.92 Å². The van der Waals surface area contributed by atoms with E-state index in [0.717, 1.165) is 44.2 Å². The Morgan fingerprint density at radius 1 is 1.27 bits per heavy atom. The Morgan fingerprint density at radius 3 is 2.60 bits per heavy atom. The summed E-state index contributed by atoms with van der Waals surface area (Å²) in [6.07, 6.45) is 1.12. The van der Waals surface area contributed by atoms with Crippen molar-refractivity contribution >= 4 is 10.8 Å². The van der Waals surface area contributed by atoms with Crippen LogP contribution in [0.25, 0.3) is 0 Å². The van der Waals surface area contributed by atoms with E-state index < -0.39 is 10.8 Å². The molecule has 0 fully saturated rings. The molecule has 0 heterocycles. The van der Waals surface area contributed by atoms with Gasteiger partial charge < -0.3 is 10.1 Å². The van der Waals surface area contributed by atoms with Gasteiger partial charge in [0, 0.05) is 42.0 Å². The van der Waals surface area contributed by atoms with Crippen LogP contribution >= 0.6 is 0 Å². The van der Waals surface area contributed by atoms with Crippen molar-refractivity contribution in [3.05, 3.63) is 0 Å². The van der Waals surface area contributed by atoms with Crippen molar-refractivity contribution in [1.29, 1.82) is 0 Å². The summed E-state index contributed by atoms with van der Waals surface area (Å²) in [6.45, 7) is 9.63. The van der Waals surface area contributed by atoms with Crippen LogP contribution in [0.15, 0.2) is 0 Å². The Balaban J connectivity index is 3.02. The van der Waals surface area contributed by atoms with E-state index in [1.54, 1.807) is 0 Å². The van der Waals surface area contributed by atoms with Gasteiger partial charge in [0.1, 0.15) is 0 Å². The first-order valence-electron chi connectivity index (χ1n) is 5.80. The first-order chi connectivity index (χ1) is 7.16. The summed E-state index contributed by atoms with van der Waals surface area (Å²) in [5, 5.41) is 3.22. The topological polar surface area (TPSA) is 38.3 Å². The zero-order chi connectivity index (χ0) is 11.5. The van der Waals surface area contributed by atoms with Crippen LogP contribution in [-0.4, -0.2) is 42.0 Å². The van der Waals surface area contributed by atoms with Crippen LogP contribution in [0.4, 0.5) is 0 Å². The lowest BCUT2D eigenvalue weighted by Gasteiger charge is -2.07. The fourth-order valence-corrected chi connectivity index (χ4v) is 1.68. The first-order valence-corrected chi connectivity index (χ1v) is 7.29. The zero-order valence-electron chi connectivity index (χ0n) is 10.3. The first kappa shape index (κ1) is 15.1. The molecule has 0 bridgehead atoms. The summed E-state index contributed by atoms with van der Waals surface area (Å²) in [6, 6.07) is 0. The van der Waals surface area contributed by atoms with Crippen LogP contribution in [0.2, 0.25) is 0 Å². The van der Waals surface area contributed by atoms with Gasteiger partial charge in [0.2, 0.25) is 0 Å². The minimum atomic E-state index is -0.645. The van der Waals surface area contributed by atoms with Crippen molar-refractivity contribution in [2.45, 2.75) is 27.2 Å². The number of nitrogens with one attached hydrogen (secondary N) is 1. The van der Waals surface area contributed by atoms with Crippen molar-refractivity contribution in [2.24, 2.45) is 5.92 Å². The second-order valence-corrected chi connectivity index (χ2v) is 5.84. The molecule has 0 aromatic carbocycles. The summed E-state index contributed by atoms with van der Waals surface area (Å²) in [5.41, 5.74) is 0. The highest BCUT2D eigenvalue weighted by atomic mass is 32.2. The van der Waals surface area contributed by atoms with E-state index in [0.29, 0.717) is 5.92 Å². The lowest BCUT2D eigenvalue weighted by molar-refractivity contribution is 0.125. The third-order valence-electron chi connectivity index (χ3n) is 2.09. The van der Waals surface area contributed by atoms with Crippen LogP contribution in [0.5, 0.6) is 0 Å². The monoisotopic (exact) mass is 235 g/mol. The summed E-state index contributed by atoms with van der Waals surface area (Å²) in [4.78, 5) is 0. The van der Waals surface area contributed by atoms with Gasteiger partial charge in [-0.15, -0.1) is 0 Å². The Bertz CT molecular complexity index is 163. The van der Waals surface area contributed by atoms with Crippen LogP contribution in [0, 0.1) is 5.92 Å². The van der Waals surface area contributed by atoms with Gasteiger partial charge in [0.25, 0.3) is 0 Å². The second-order valence-electron chi connectivity index (χ2n) is 3.98. The maximum atomic E-state index is 11.1. The van der Waals surface area contributed by atoms with E-state index >= 15 is 0 Å². The quantitative estimate of drug-likeness (QED) is 0.582. The molecule has 0 saturated heterocycles. The molecule has 0 aromatic heterocycles. The minimum absolute atomic E-state index is 0.645. The van der Waals surface area contributed by atoms with Gasteiger partial charge in [0.15, 0.2) is 0 Å². The molecular weight excluding hydrogens is 210 g/mol. The molecule has 0 amide bonds. The normalized spacial score (nSPS) is 13.3. The molecule has 15 heavy (non-hydrogen) atoms. The molecule has 1 N–H and O–H groups in total. The SMILES string of the molecule is CCS(=O)CCNCCOCCC(C)C. The highest BCUT2D eigenvalue weighted by Crippen LogP contribution is 1.98. The molecule has 0 radical (unpaired) electrons. The Hall–Kier alpha value is 0.0700. The average Bonchev–Trinajstić information content (AvgIpc) is 2.21. The van der Waals surface area contributed by atoms with Crippen molar-refractivity contribution < 1.29 is 8.95 Å². The van der Waals surface area contributed by atoms with Crippen LogP contribution in [0.3, 0.4) is 0 Å². The lowest BCUT2D eigenvalue weighted by atomic mass is 10.1. The summed E-state index contributed by atoms with van der Waals surface area (Å²) < 4.78 is 16.5. The molecule has 4 heteroatoms. The predicted octanol–water partition coefficient (Wildman–Crippen LogP) is 1.41. The van der Waals surface area contributed by atoms with Crippen molar-refractivity contribution in [3.63, 3.8) is 0 Å². The van der Waals surface area contributed by atoms with Crippen LogP contribution in [0.1, 0.15) is 27.2 Å². The van der Waals surface area contributed by atoms with Gasteiger partial charge in [-0.1, -0.05) is 20.8 Å². The molecule has 3 nitrogen and oxygen atoms in total. The third kappa shape index (κ3) is 12.0. The van der Waals surface area contributed by atoms with Gasteiger partial charge in [-0.2, -0.15) is 0 Å². The van der Waals surface area contributed by atoms with Crippen molar-refractivity contribution in [2.75, 3.05) is 37.8 Å². The molecule has 0 aliphatic carbocycles. The van der Waals surface area contributed by atoms with Gasteiger partial charge in [0.05, 0.1) is 6.61 Å². The Labute approximate surface area is 96.4 Å². The largest absolute Gasteiger partial charge is 0.380 e. The molecule has 0 spiro atoms. The van der Waals surface area contributed by atoms with Gasteiger partial charge in [-0.25, -0.2) is 0 Å². The zero-order valence-corrected chi connectivity index (χ0v) is 11.1. The smallest absolute Gasteiger partial charge is 0.0590 e. The highest BCUT2D eigenvalue weighted by Gasteiger charge is 1.96. The van der Waals surface area contributed by atoms with E-state index in [4.69, 9.17) is 4.74 Å². The summed E-state index contributed by atoms with van der Waals surface area (Å²) >= 11 is 0. The summed E-state index contributed by atoms with van der Waals surface area (Å²) in [5.74, 6) is 2.22. The second kappa shape index (κ2) is 10.6. The van der Waals surface area contributed by atoms with E-state index in [-0.39, 0.29) is 0 Å². The molecule has 1 unspecified atom stereocenters. The number of hydrogen-bond donors (Lipinski definition) is 1. The Kier molecular flexibility index (Phi) is 10.6. The highest BCUT2D eigenvalue weighted by molar-refractivity contribution is 7.84. The van der Waals surface area contributed by atoms with Gasteiger partial charge in [-0.3, -0.25) is 4.21 Å². The maximum absolute atomic E-state index is 11.1. The van der Waals surface area contributed by atoms with Crippen LogP contribution < -0.4 is 5.32 Å². The fourth-order valence-electron chi connectivity index (χ4n) is 1.02. The number of ether oxygens (including phenoxy) is 1. The Morgan fingerprint density at radius 2 is 2.00 bits per heavy atom. The average molecular weight is 235 g/mol. The minimum Gasteiger partial charge on any atom is -0.380 e. The molecule has 0 aromatic rings. The molecule has 92 valence electrons. The fraction of sp³-hybridized carbons (Fsp3) is 1.00. The molecule has 0 saturated carbocycles. The third-order valence-corrected chi connectivity index (χ3v) is 3.39. The van der Waals surface area contributed by atoms with E-state index in [1.165, 1.54) is 0 Å². The molecule has 0 rings (SSSR count). The molecule has 0 aliphatic rings. The number of hydrogen-bond acceptors (Lipinski definition) is 3. The number of rotatable bonds is 10. The standard InChI is InChI=1S/C11H25NO2S/c1-4-15(13)10-7-12-6-9-14-8-5-11(2)3/h11-12H,4-10H2,1-3H3. The predicted molar refractivity (Wildman–Crippen MR) is 66.7 cm³/mol. The van der Waals surface area contributed by atoms with E-state index in [9.17, 15) is 4.21 Å². The van der Waals surface area contributed by atoms with Crippen molar-refractivity contribution in [3.8, 4) is 0 Å².